The molecule has 4 aromatic heterocycles. The maximum Gasteiger partial charge on any atom is 0.258 e. The second-order valence-electron chi connectivity index (χ2n) is 8.52. The van der Waals surface area contributed by atoms with Crippen molar-refractivity contribution in [2.75, 3.05) is 11.1 Å². The van der Waals surface area contributed by atoms with Gasteiger partial charge in [-0.05, 0) is 36.2 Å². The SMILES string of the molecule is Cc1ccc2c(Cc3ccc4nn(C)cc4c3)nccc2c1NC(=O)c1csc2c(N)ncnc12. The lowest BCUT2D eigenvalue weighted by atomic mass is 9.99. The van der Waals surface area contributed by atoms with E-state index in [1.54, 1.807) is 11.6 Å². The molecule has 3 N–H and O–H groups in total. The van der Waals surface area contributed by atoms with Crippen molar-refractivity contribution in [3.05, 3.63) is 82.9 Å². The molecule has 6 aromatic rings. The van der Waals surface area contributed by atoms with E-state index < -0.39 is 0 Å². The molecule has 0 aliphatic heterocycles. The van der Waals surface area contributed by atoms with Crippen molar-refractivity contribution in [3.63, 3.8) is 0 Å². The molecule has 0 radical (unpaired) electrons. The van der Waals surface area contributed by atoms with Crippen LogP contribution in [0.2, 0.25) is 0 Å². The summed E-state index contributed by atoms with van der Waals surface area (Å²) in [5.74, 6) is 0.144. The molecule has 0 atom stereocenters. The van der Waals surface area contributed by atoms with Gasteiger partial charge in [-0.2, -0.15) is 5.10 Å². The summed E-state index contributed by atoms with van der Waals surface area (Å²) in [6.45, 7) is 1.98. The number of benzene rings is 2. The van der Waals surface area contributed by atoms with Crippen LogP contribution in [0.15, 0.2) is 60.5 Å². The van der Waals surface area contributed by atoms with E-state index in [1.165, 1.54) is 17.7 Å². The number of anilines is 2. The minimum Gasteiger partial charge on any atom is -0.382 e. The van der Waals surface area contributed by atoms with E-state index in [9.17, 15) is 4.79 Å². The van der Waals surface area contributed by atoms with E-state index in [-0.39, 0.29) is 5.91 Å². The number of hydrogen-bond acceptors (Lipinski definition) is 7. The lowest BCUT2D eigenvalue weighted by molar-refractivity contribution is 0.102. The van der Waals surface area contributed by atoms with Gasteiger partial charge in [-0.25, -0.2) is 9.97 Å². The monoisotopic (exact) mass is 479 g/mol. The zero-order valence-corrected chi connectivity index (χ0v) is 19.9. The van der Waals surface area contributed by atoms with E-state index in [0.29, 0.717) is 28.0 Å². The van der Waals surface area contributed by atoms with Crippen LogP contribution in [-0.4, -0.2) is 30.6 Å². The van der Waals surface area contributed by atoms with Crippen LogP contribution >= 0.6 is 11.3 Å². The molecule has 1 amide bonds. The molecule has 6 rings (SSSR count). The van der Waals surface area contributed by atoms with Crippen LogP contribution in [0, 0.1) is 6.92 Å². The minimum atomic E-state index is -0.231. The Morgan fingerprint density at radius 1 is 1.11 bits per heavy atom. The molecule has 0 unspecified atom stereocenters. The van der Waals surface area contributed by atoms with E-state index in [2.05, 4.69) is 43.6 Å². The van der Waals surface area contributed by atoms with E-state index in [1.807, 2.05) is 43.0 Å². The molecule has 0 saturated heterocycles. The number of nitrogens with zero attached hydrogens (tertiary/aromatic N) is 5. The third-order valence-electron chi connectivity index (χ3n) is 6.16. The van der Waals surface area contributed by atoms with Gasteiger partial charge in [0.2, 0.25) is 0 Å². The number of aromatic nitrogens is 5. The molecule has 2 aromatic carbocycles. The zero-order valence-electron chi connectivity index (χ0n) is 19.1. The summed E-state index contributed by atoms with van der Waals surface area (Å²) in [5.41, 5.74) is 11.8. The fourth-order valence-corrected chi connectivity index (χ4v) is 5.35. The summed E-state index contributed by atoms with van der Waals surface area (Å²) in [6.07, 6.45) is 5.86. The highest BCUT2D eigenvalue weighted by Crippen LogP contribution is 2.32. The summed E-state index contributed by atoms with van der Waals surface area (Å²) < 4.78 is 2.53. The molecule has 9 heteroatoms. The Bertz CT molecular complexity index is 1770. The predicted molar refractivity (Wildman–Crippen MR) is 140 cm³/mol. The van der Waals surface area contributed by atoms with E-state index in [0.717, 1.165) is 44.2 Å². The Kier molecular flexibility index (Phi) is 4.93. The van der Waals surface area contributed by atoms with Gasteiger partial charge in [-0.15, -0.1) is 11.3 Å². The second-order valence-corrected chi connectivity index (χ2v) is 9.40. The molecule has 35 heavy (non-hydrogen) atoms. The van der Waals surface area contributed by atoms with E-state index >= 15 is 0 Å². The Hall–Kier alpha value is -4.37. The number of carbonyl (C=O) groups excluding carboxylic acids is 1. The highest BCUT2D eigenvalue weighted by Gasteiger charge is 2.18. The molecule has 4 heterocycles. The number of hydrogen-bond donors (Lipinski definition) is 2. The van der Waals surface area contributed by atoms with Crippen molar-refractivity contribution in [1.82, 2.24) is 24.7 Å². The normalized spacial score (nSPS) is 11.5. The van der Waals surface area contributed by atoms with Crippen LogP contribution in [0.25, 0.3) is 31.9 Å². The maximum absolute atomic E-state index is 13.3. The number of fused-ring (bicyclic) bond motifs is 3. The molecule has 172 valence electrons. The first-order chi connectivity index (χ1) is 17.0. The standard InChI is InChI=1S/C26H21N7OS/c1-14-3-5-17-18(22(14)31-26(34)19-12-35-24-23(19)29-13-30-25(24)27)7-8-28-21(17)10-15-4-6-20-16(9-15)11-33(2)32-20/h3-9,11-13H,10H2,1-2H3,(H,31,34)(H2,27,29,30). The number of aryl methyl sites for hydroxylation is 2. The van der Waals surface area contributed by atoms with Gasteiger partial charge in [0.05, 0.1) is 32.7 Å². The smallest absolute Gasteiger partial charge is 0.258 e. The van der Waals surface area contributed by atoms with Crippen LogP contribution in [0.5, 0.6) is 0 Å². The van der Waals surface area contributed by atoms with Crippen molar-refractivity contribution in [2.45, 2.75) is 13.3 Å². The lowest BCUT2D eigenvalue weighted by Gasteiger charge is -2.14. The molecular weight excluding hydrogens is 458 g/mol. The molecule has 0 saturated carbocycles. The Balaban J connectivity index is 1.38. The van der Waals surface area contributed by atoms with Crippen molar-refractivity contribution < 1.29 is 4.79 Å². The van der Waals surface area contributed by atoms with Crippen molar-refractivity contribution >= 4 is 60.6 Å². The number of carbonyl (C=O) groups is 1. The first-order valence-corrected chi connectivity index (χ1v) is 11.9. The third-order valence-corrected chi connectivity index (χ3v) is 7.15. The van der Waals surface area contributed by atoms with Crippen LogP contribution < -0.4 is 11.1 Å². The molecule has 0 spiro atoms. The number of nitrogen functional groups attached to an aromatic ring is 1. The third kappa shape index (κ3) is 3.66. The number of pyridine rings is 1. The van der Waals surface area contributed by atoms with Gasteiger partial charge in [0.15, 0.2) is 0 Å². The highest BCUT2D eigenvalue weighted by atomic mass is 32.1. The number of nitrogens with two attached hydrogens (primary N) is 1. The largest absolute Gasteiger partial charge is 0.382 e. The van der Waals surface area contributed by atoms with Gasteiger partial charge in [0, 0.05) is 47.4 Å². The van der Waals surface area contributed by atoms with Crippen molar-refractivity contribution in [3.8, 4) is 0 Å². The molecule has 8 nitrogen and oxygen atoms in total. The summed E-state index contributed by atoms with van der Waals surface area (Å²) in [5, 5.41) is 12.4. The van der Waals surface area contributed by atoms with Crippen LogP contribution in [0.1, 0.15) is 27.2 Å². The zero-order chi connectivity index (χ0) is 24.1. The van der Waals surface area contributed by atoms with Gasteiger partial charge in [-0.3, -0.25) is 14.5 Å². The fourth-order valence-electron chi connectivity index (χ4n) is 4.44. The molecular formula is C26H21N7OS. The van der Waals surface area contributed by atoms with Crippen LogP contribution in [-0.2, 0) is 13.5 Å². The first kappa shape index (κ1) is 21.2. The van der Waals surface area contributed by atoms with Crippen molar-refractivity contribution in [1.29, 1.82) is 0 Å². The summed E-state index contributed by atoms with van der Waals surface area (Å²) >= 11 is 1.37. The Morgan fingerprint density at radius 2 is 2.00 bits per heavy atom. The van der Waals surface area contributed by atoms with Gasteiger partial charge in [0.25, 0.3) is 5.91 Å². The average molecular weight is 480 g/mol. The van der Waals surface area contributed by atoms with Crippen LogP contribution in [0.4, 0.5) is 11.5 Å². The fraction of sp³-hybridized carbons (Fsp3) is 0.115. The Morgan fingerprint density at radius 3 is 2.89 bits per heavy atom. The van der Waals surface area contributed by atoms with Gasteiger partial charge in [0.1, 0.15) is 12.1 Å². The average Bonchev–Trinajstić information content (AvgIpc) is 3.44. The number of nitrogens with one attached hydrogen (secondary N) is 1. The number of amides is 1. The number of thiophene rings is 1. The van der Waals surface area contributed by atoms with Gasteiger partial charge < -0.3 is 11.1 Å². The molecule has 0 aliphatic carbocycles. The lowest BCUT2D eigenvalue weighted by Crippen LogP contribution is -2.13. The maximum atomic E-state index is 13.3. The molecule has 0 bridgehead atoms. The predicted octanol–water partition coefficient (Wildman–Crippen LogP) is 4.86. The van der Waals surface area contributed by atoms with Gasteiger partial charge in [-0.1, -0.05) is 18.2 Å². The summed E-state index contributed by atoms with van der Waals surface area (Å²) in [6, 6.07) is 12.3. The quantitative estimate of drug-likeness (QED) is 0.373. The van der Waals surface area contributed by atoms with Crippen molar-refractivity contribution in [2.24, 2.45) is 7.05 Å². The highest BCUT2D eigenvalue weighted by molar-refractivity contribution is 7.18. The second kappa shape index (κ2) is 8.14. The van der Waals surface area contributed by atoms with Gasteiger partial charge >= 0.3 is 0 Å². The minimum absolute atomic E-state index is 0.231. The van der Waals surface area contributed by atoms with E-state index in [4.69, 9.17) is 5.73 Å². The molecule has 0 fully saturated rings. The molecule has 0 aliphatic rings. The summed E-state index contributed by atoms with van der Waals surface area (Å²) in [7, 11) is 1.92. The number of rotatable bonds is 4. The van der Waals surface area contributed by atoms with Crippen LogP contribution in [0.3, 0.4) is 0 Å². The first-order valence-electron chi connectivity index (χ1n) is 11.1. The topological polar surface area (TPSA) is 112 Å². The summed E-state index contributed by atoms with van der Waals surface area (Å²) in [4.78, 5) is 26.2. The Labute approximate surface area is 204 Å².